The number of methoxy groups -OCH3 is 1. The fraction of sp³-hybridized carbons (Fsp3) is 0.182. The minimum atomic E-state index is -0.306. The number of nitrogens with one attached hydrogen (secondary N) is 2. The second-order valence-electron chi connectivity index (χ2n) is 3.32. The molecule has 0 radical (unpaired) electrons. The van der Waals surface area contributed by atoms with Gasteiger partial charge in [-0.15, -0.1) is 0 Å². The van der Waals surface area contributed by atoms with E-state index in [1.165, 1.54) is 13.4 Å². The first-order valence-corrected chi connectivity index (χ1v) is 5.05. The van der Waals surface area contributed by atoms with Gasteiger partial charge < -0.3 is 15.0 Å². The van der Waals surface area contributed by atoms with Gasteiger partial charge in [-0.25, -0.2) is 4.98 Å². The van der Waals surface area contributed by atoms with Crippen molar-refractivity contribution in [1.29, 1.82) is 0 Å². The van der Waals surface area contributed by atoms with Crippen molar-refractivity contribution >= 4 is 5.82 Å². The molecule has 88 valence electrons. The van der Waals surface area contributed by atoms with Gasteiger partial charge in [-0.2, -0.15) is 0 Å². The molecule has 6 nitrogen and oxygen atoms in total. The molecule has 2 heterocycles. The lowest BCUT2D eigenvalue weighted by atomic mass is 10.3. The zero-order valence-corrected chi connectivity index (χ0v) is 9.30. The third kappa shape index (κ3) is 2.60. The van der Waals surface area contributed by atoms with Gasteiger partial charge in [0.15, 0.2) is 5.82 Å². The number of H-pyrrole nitrogens is 1. The van der Waals surface area contributed by atoms with E-state index in [-0.39, 0.29) is 11.3 Å². The molecule has 2 rings (SSSR count). The SMILES string of the molecule is COc1c(NCc2ccncc2)nc[nH]c1=O. The predicted octanol–water partition coefficient (Wildman–Crippen LogP) is 0.786. The normalized spacial score (nSPS) is 9.94. The summed E-state index contributed by atoms with van der Waals surface area (Å²) in [6.07, 6.45) is 4.75. The van der Waals surface area contributed by atoms with E-state index >= 15 is 0 Å². The van der Waals surface area contributed by atoms with Gasteiger partial charge in [0.1, 0.15) is 0 Å². The molecule has 0 unspecified atom stereocenters. The third-order valence-corrected chi connectivity index (χ3v) is 2.22. The van der Waals surface area contributed by atoms with Crippen LogP contribution in [0.4, 0.5) is 5.82 Å². The fourth-order valence-electron chi connectivity index (χ4n) is 1.39. The molecule has 17 heavy (non-hydrogen) atoms. The molecule has 2 N–H and O–H groups in total. The predicted molar refractivity (Wildman–Crippen MR) is 63.0 cm³/mol. The summed E-state index contributed by atoms with van der Waals surface area (Å²) in [5.74, 6) is 0.606. The van der Waals surface area contributed by atoms with E-state index in [4.69, 9.17) is 4.74 Å². The van der Waals surface area contributed by atoms with Crippen molar-refractivity contribution in [3.63, 3.8) is 0 Å². The van der Waals surface area contributed by atoms with Gasteiger partial charge in [0.05, 0.1) is 13.4 Å². The van der Waals surface area contributed by atoms with Crippen molar-refractivity contribution < 1.29 is 4.74 Å². The smallest absolute Gasteiger partial charge is 0.295 e. The van der Waals surface area contributed by atoms with Crippen LogP contribution >= 0.6 is 0 Å². The minimum absolute atomic E-state index is 0.182. The highest BCUT2D eigenvalue weighted by atomic mass is 16.5. The van der Waals surface area contributed by atoms with Crippen LogP contribution < -0.4 is 15.6 Å². The van der Waals surface area contributed by atoms with Crippen LogP contribution in [-0.4, -0.2) is 22.1 Å². The number of hydrogen-bond donors (Lipinski definition) is 2. The zero-order valence-electron chi connectivity index (χ0n) is 9.30. The Morgan fingerprint density at radius 3 is 2.88 bits per heavy atom. The van der Waals surface area contributed by atoms with Crippen molar-refractivity contribution in [3.05, 3.63) is 46.8 Å². The number of ether oxygens (including phenoxy) is 1. The monoisotopic (exact) mass is 232 g/mol. The number of hydrogen-bond acceptors (Lipinski definition) is 5. The van der Waals surface area contributed by atoms with E-state index in [0.29, 0.717) is 12.4 Å². The molecule has 0 saturated heterocycles. The second kappa shape index (κ2) is 5.11. The van der Waals surface area contributed by atoms with Crippen LogP contribution in [0.1, 0.15) is 5.56 Å². The highest BCUT2D eigenvalue weighted by molar-refractivity contribution is 5.48. The van der Waals surface area contributed by atoms with Gasteiger partial charge in [0.2, 0.25) is 5.75 Å². The Kier molecular flexibility index (Phi) is 3.34. The maximum Gasteiger partial charge on any atom is 0.295 e. The number of pyridine rings is 1. The molecule has 0 aliphatic carbocycles. The van der Waals surface area contributed by atoms with E-state index in [9.17, 15) is 4.79 Å². The Morgan fingerprint density at radius 1 is 1.41 bits per heavy atom. The topological polar surface area (TPSA) is 79.9 Å². The van der Waals surface area contributed by atoms with Crippen molar-refractivity contribution in [2.45, 2.75) is 6.54 Å². The lowest BCUT2D eigenvalue weighted by Gasteiger charge is -2.08. The largest absolute Gasteiger partial charge is 0.489 e. The summed E-state index contributed by atoms with van der Waals surface area (Å²) in [6.45, 7) is 0.551. The highest BCUT2D eigenvalue weighted by Gasteiger charge is 2.07. The summed E-state index contributed by atoms with van der Waals surface area (Å²) in [4.78, 5) is 21.8. The van der Waals surface area contributed by atoms with E-state index in [2.05, 4.69) is 20.3 Å². The average Bonchev–Trinajstić information content (AvgIpc) is 2.37. The molecule has 0 aromatic carbocycles. The van der Waals surface area contributed by atoms with Crippen molar-refractivity contribution in [1.82, 2.24) is 15.0 Å². The number of rotatable bonds is 4. The number of anilines is 1. The first-order valence-electron chi connectivity index (χ1n) is 5.05. The lowest BCUT2D eigenvalue weighted by Crippen LogP contribution is -2.14. The first-order chi connectivity index (χ1) is 8.31. The van der Waals surface area contributed by atoms with E-state index < -0.39 is 0 Å². The molecule has 0 bridgehead atoms. The summed E-state index contributed by atoms with van der Waals surface area (Å²) in [7, 11) is 1.43. The summed E-state index contributed by atoms with van der Waals surface area (Å²) in [6, 6.07) is 3.76. The van der Waals surface area contributed by atoms with Crippen molar-refractivity contribution in [2.24, 2.45) is 0 Å². The van der Waals surface area contributed by atoms with E-state index in [1.807, 2.05) is 12.1 Å². The first kappa shape index (κ1) is 11.1. The van der Waals surface area contributed by atoms with Crippen LogP contribution in [-0.2, 0) is 6.54 Å². The maximum atomic E-state index is 11.4. The van der Waals surface area contributed by atoms with Crippen molar-refractivity contribution in [2.75, 3.05) is 12.4 Å². The van der Waals surface area contributed by atoms with E-state index in [0.717, 1.165) is 5.56 Å². The Morgan fingerprint density at radius 2 is 2.18 bits per heavy atom. The number of aromatic amines is 1. The average molecular weight is 232 g/mol. The molecular formula is C11H12N4O2. The van der Waals surface area contributed by atoms with Crippen LogP contribution in [0.5, 0.6) is 5.75 Å². The molecule has 0 aliphatic heterocycles. The lowest BCUT2D eigenvalue weighted by molar-refractivity contribution is 0.408. The van der Waals surface area contributed by atoms with Gasteiger partial charge in [-0.05, 0) is 17.7 Å². The fourth-order valence-corrected chi connectivity index (χ4v) is 1.39. The van der Waals surface area contributed by atoms with Gasteiger partial charge in [-0.1, -0.05) is 0 Å². The van der Waals surface area contributed by atoms with Crippen LogP contribution in [0.2, 0.25) is 0 Å². The van der Waals surface area contributed by atoms with Crippen molar-refractivity contribution in [3.8, 4) is 5.75 Å². The molecule has 2 aromatic heterocycles. The number of nitrogens with zero attached hydrogens (tertiary/aromatic N) is 2. The molecule has 0 spiro atoms. The molecule has 0 saturated carbocycles. The van der Waals surface area contributed by atoms with Gasteiger partial charge in [0, 0.05) is 18.9 Å². The molecule has 0 atom stereocenters. The minimum Gasteiger partial charge on any atom is -0.489 e. The van der Waals surface area contributed by atoms with Gasteiger partial charge in [0.25, 0.3) is 5.56 Å². The highest BCUT2D eigenvalue weighted by Crippen LogP contribution is 2.15. The summed E-state index contributed by atoms with van der Waals surface area (Å²) in [5.41, 5.74) is 0.740. The maximum absolute atomic E-state index is 11.4. The Hall–Kier alpha value is -2.37. The molecule has 0 amide bonds. The summed E-state index contributed by atoms with van der Waals surface area (Å²) >= 11 is 0. The van der Waals surface area contributed by atoms with Crippen LogP contribution in [0.15, 0.2) is 35.6 Å². The second-order valence-corrected chi connectivity index (χ2v) is 3.32. The third-order valence-electron chi connectivity index (χ3n) is 2.22. The van der Waals surface area contributed by atoms with Crippen LogP contribution in [0.3, 0.4) is 0 Å². The molecule has 0 aliphatic rings. The molecular weight excluding hydrogens is 220 g/mol. The van der Waals surface area contributed by atoms with E-state index in [1.54, 1.807) is 12.4 Å². The van der Waals surface area contributed by atoms with Gasteiger partial charge in [-0.3, -0.25) is 9.78 Å². The Balaban J connectivity index is 2.14. The van der Waals surface area contributed by atoms with Crippen LogP contribution in [0, 0.1) is 0 Å². The molecule has 6 heteroatoms. The summed E-state index contributed by atoms with van der Waals surface area (Å²) < 4.78 is 4.98. The number of aromatic nitrogens is 3. The van der Waals surface area contributed by atoms with Crippen LogP contribution in [0.25, 0.3) is 0 Å². The Labute approximate surface area is 97.7 Å². The zero-order chi connectivity index (χ0) is 12.1. The summed E-state index contributed by atoms with van der Waals surface area (Å²) in [5, 5.41) is 3.04. The molecule has 0 fully saturated rings. The van der Waals surface area contributed by atoms with Gasteiger partial charge >= 0.3 is 0 Å². The quantitative estimate of drug-likeness (QED) is 0.814. The molecule has 2 aromatic rings. The standard InChI is InChI=1S/C11H12N4O2/c1-17-9-10(14-7-15-11(9)16)13-6-8-2-4-12-5-3-8/h2-5,7H,6H2,1H3,(H2,13,14,15,16). The Bertz CT molecular complexity index is 539.